The molecule has 3 heteroatoms. The Labute approximate surface area is 107 Å². The van der Waals surface area contributed by atoms with Gasteiger partial charge in [0.15, 0.2) is 0 Å². The molecule has 102 valence electrons. The van der Waals surface area contributed by atoms with Gasteiger partial charge in [0.25, 0.3) is 0 Å². The lowest BCUT2D eigenvalue weighted by Crippen LogP contribution is -2.45. The van der Waals surface area contributed by atoms with E-state index in [4.69, 9.17) is 4.74 Å². The summed E-state index contributed by atoms with van der Waals surface area (Å²) in [7, 11) is 0. The minimum Gasteiger partial charge on any atom is -0.375 e. The number of hydrogen-bond donors (Lipinski definition) is 1. The first kappa shape index (κ1) is 14.9. The molecule has 1 aliphatic rings. The topological polar surface area (TPSA) is 24.5 Å². The van der Waals surface area contributed by atoms with Crippen LogP contribution in [0.1, 0.15) is 47.0 Å². The Morgan fingerprint density at radius 2 is 1.82 bits per heavy atom. The van der Waals surface area contributed by atoms with Crippen LogP contribution < -0.4 is 5.32 Å². The summed E-state index contributed by atoms with van der Waals surface area (Å²) in [6, 6.07) is 0.764. The van der Waals surface area contributed by atoms with Crippen molar-refractivity contribution in [3.8, 4) is 0 Å². The maximum atomic E-state index is 5.84. The van der Waals surface area contributed by atoms with Gasteiger partial charge in [-0.1, -0.05) is 6.92 Å². The van der Waals surface area contributed by atoms with Crippen LogP contribution in [0.3, 0.4) is 0 Å². The molecule has 0 spiro atoms. The SMILES string of the molecule is CCCN(CCOC(C)(C)C)C1CCNCC1. The number of nitrogens with zero attached hydrogens (tertiary/aromatic N) is 1. The van der Waals surface area contributed by atoms with Crippen LogP contribution in [-0.2, 0) is 4.74 Å². The van der Waals surface area contributed by atoms with Crippen molar-refractivity contribution in [3.05, 3.63) is 0 Å². The molecule has 1 fully saturated rings. The fraction of sp³-hybridized carbons (Fsp3) is 1.00. The molecule has 0 aromatic heterocycles. The summed E-state index contributed by atoms with van der Waals surface area (Å²) < 4.78 is 5.84. The summed E-state index contributed by atoms with van der Waals surface area (Å²) in [5.41, 5.74) is -0.00793. The maximum absolute atomic E-state index is 5.84. The average Bonchev–Trinajstić information content (AvgIpc) is 2.27. The summed E-state index contributed by atoms with van der Waals surface area (Å²) in [5, 5.41) is 3.43. The molecule has 1 heterocycles. The number of nitrogens with one attached hydrogen (secondary N) is 1. The molecule has 0 saturated carbocycles. The van der Waals surface area contributed by atoms with Gasteiger partial charge in [0.2, 0.25) is 0 Å². The molecule has 0 aliphatic carbocycles. The molecule has 1 aliphatic heterocycles. The van der Waals surface area contributed by atoms with E-state index in [0.29, 0.717) is 0 Å². The third-order valence-electron chi connectivity index (χ3n) is 3.25. The Balaban J connectivity index is 2.31. The molecule has 0 radical (unpaired) electrons. The Morgan fingerprint density at radius 1 is 1.18 bits per heavy atom. The van der Waals surface area contributed by atoms with Crippen LogP contribution >= 0.6 is 0 Å². The second-order valence-electron chi connectivity index (χ2n) is 5.98. The predicted molar refractivity (Wildman–Crippen MR) is 73.5 cm³/mol. The summed E-state index contributed by atoms with van der Waals surface area (Å²) in [6.45, 7) is 14.1. The Kier molecular flexibility index (Phi) is 6.45. The van der Waals surface area contributed by atoms with Gasteiger partial charge in [-0.25, -0.2) is 0 Å². The average molecular weight is 242 g/mol. The van der Waals surface area contributed by atoms with Crippen molar-refractivity contribution in [2.45, 2.75) is 58.6 Å². The lowest BCUT2D eigenvalue weighted by Gasteiger charge is -2.35. The molecule has 17 heavy (non-hydrogen) atoms. The van der Waals surface area contributed by atoms with E-state index >= 15 is 0 Å². The van der Waals surface area contributed by atoms with Crippen LogP contribution in [0.2, 0.25) is 0 Å². The highest BCUT2D eigenvalue weighted by Gasteiger charge is 2.20. The first-order valence-electron chi connectivity index (χ1n) is 7.11. The van der Waals surface area contributed by atoms with Crippen molar-refractivity contribution in [2.75, 3.05) is 32.8 Å². The smallest absolute Gasteiger partial charge is 0.0600 e. The van der Waals surface area contributed by atoms with Gasteiger partial charge in [0.1, 0.15) is 0 Å². The van der Waals surface area contributed by atoms with Crippen LogP contribution in [0.25, 0.3) is 0 Å². The van der Waals surface area contributed by atoms with E-state index in [2.05, 4.69) is 37.9 Å². The lowest BCUT2D eigenvalue weighted by atomic mass is 10.0. The van der Waals surface area contributed by atoms with Gasteiger partial charge in [0.05, 0.1) is 12.2 Å². The van der Waals surface area contributed by atoms with Crippen LogP contribution in [0.15, 0.2) is 0 Å². The van der Waals surface area contributed by atoms with E-state index in [1.54, 1.807) is 0 Å². The molecule has 0 aromatic carbocycles. The molecule has 0 unspecified atom stereocenters. The summed E-state index contributed by atoms with van der Waals surface area (Å²) >= 11 is 0. The van der Waals surface area contributed by atoms with E-state index in [1.165, 1.54) is 38.9 Å². The van der Waals surface area contributed by atoms with E-state index in [1.807, 2.05) is 0 Å². The molecule has 3 nitrogen and oxygen atoms in total. The first-order valence-corrected chi connectivity index (χ1v) is 7.11. The third-order valence-corrected chi connectivity index (χ3v) is 3.25. The fourth-order valence-electron chi connectivity index (χ4n) is 2.41. The molecule has 0 bridgehead atoms. The number of piperidine rings is 1. The zero-order chi connectivity index (χ0) is 12.7. The zero-order valence-corrected chi connectivity index (χ0v) is 12.1. The second-order valence-corrected chi connectivity index (χ2v) is 5.98. The maximum Gasteiger partial charge on any atom is 0.0600 e. The molecule has 1 N–H and O–H groups in total. The van der Waals surface area contributed by atoms with E-state index in [0.717, 1.165) is 19.2 Å². The van der Waals surface area contributed by atoms with Gasteiger partial charge in [-0.15, -0.1) is 0 Å². The third kappa shape index (κ3) is 6.39. The summed E-state index contributed by atoms with van der Waals surface area (Å²) in [5.74, 6) is 0. The van der Waals surface area contributed by atoms with Gasteiger partial charge < -0.3 is 10.1 Å². The Hall–Kier alpha value is -0.120. The molecule has 0 amide bonds. The Morgan fingerprint density at radius 3 is 2.35 bits per heavy atom. The fourth-order valence-corrected chi connectivity index (χ4v) is 2.41. The van der Waals surface area contributed by atoms with Crippen molar-refractivity contribution in [3.63, 3.8) is 0 Å². The minimum atomic E-state index is -0.00793. The van der Waals surface area contributed by atoms with Crippen LogP contribution in [0, 0.1) is 0 Å². The number of ether oxygens (including phenoxy) is 1. The molecule has 0 aromatic rings. The minimum absolute atomic E-state index is 0.00793. The molecular weight excluding hydrogens is 212 g/mol. The van der Waals surface area contributed by atoms with E-state index in [9.17, 15) is 0 Å². The predicted octanol–water partition coefficient (Wildman–Crippen LogP) is 2.27. The second kappa shape index (κ2) is 7.34. The van der Waals surface area contributed by atoms with Crippen molar-refractivity contribution in [2.24, 2.45) is 0 Å². The van der Waals surface area contributed by atoms with Gasteiger partial charge in [-0.05, 0) is 59.7 Å². The van der Waals surface area contributed by atoms with Crippen molar-refractivity contribution < 1.29 is 4.74 Å². The van der Waals surface area contributed by atoms with Crippen molar-refractivity contribution in [1.82, 2.24) is 10.2 Å². The highest BCUT2D eigenvalue weighted by atomic mass is 16.5. The molecular formula is C14H30N2O. The monoisotopic (exact) mass is 242 g/mol. The van der Waals surface area contributed by atoms with Crippen molar-refractivity contribution in [1.29, 1.82) is 0 Å². The summed E-state index contributed by atoms with van der Waals surface area (Å²) in [4.78, 5) is 2.62. The highest BCUT2D eigenvalue weighted by molar-refractivity contribution is 4.77. The van der Waals surface area contributed by atoms with Crippen LogP contribution in [0.4, 0.5) is 0 Å². The normalized spacial score (nSPS) is 18.9. The van der Waals surface area contributed by atoms with Gasteiger partial charge >= 0.3 is 0 Å². The zero-order valence-electron chi connectivity index (χ0n) is 12.1. The highest BCUT2D eigenvalue weighted by Crippen LogP contribution is 2.13. The first-order chi connectivity index (χ1) is 8.03. The molecule has 1 saturated heterocycles. The van der Waals surface area contributed by atoms with Gasteiger partial charge in [0, 0.05) is 12.6 Å². The lowest BCUT2D eigenvalue weighted by molar-refractivity contribution is -0.0193. The number of hydrogen-bond acceptors (Lipinski definition) is 3. The standard InChI is InChI=1S/C14H30N2O/c1-5-10-16(11-12-17-14(2,3)4)13-6-8-15-9-7-13/h13,15H,5-12H2,1-4H3. The molecule has 0 atom stereocenters. The Bertz CT molecular complexity index is 195. The van der Waals surface area contributed by atoms with Gasteiger partial charge in [-0.3, -0.25) is 4.90 Å². The van der Waals surface area contributed by atoms with Crippen LogP contribution in [0.5, 0.6) is 0 Å². The van der Waals surface area contributed by atoms with E-state index < -0.39 is 0 Å². The van der Waals surface area contributed by atoms with Gasteiger partial charge in [-0.2, -0.15) is 0 Å². The van der Waals surface area contributed by atoms with E-state index in [-0.39, 0.29) is 5.60 Å². The molecule has 1 rings (SSSR count). The van der Waals surface area contributed by atoms with Crippen LogP contribution in [-0.4, -0.2) is 49.3 Å². The summed E-state index contributed by atoms with van der Waals surface area (Å²) in [6.07, 6.45) is 3.81. The quantitative estimate of drug-likeness (QED) is 0.773. The number of rotatable bonds is 6. The van der Waals surface area contributed by atoms with Crippen molar-refractivity contribution >= 4 is 0 Å². The largest absolute Gasteiger partial charge is 0.375 e.